The first-order valence-electron chi connectivity index (χ1n) is 7.59. The zero-order valence-electron chi connectivity index (χ0n) is 14.1. The number of hydrogen-bond donors (Lipinski definition) is 1. The maximum atomic E-state index is 6.09. The molecule has 0 spiro atoms. The lowest BCUT2D eigenvalue weighted by Crippen LogP contribution is -2.12. The van der Waals surface area contributed by atoms with Crippen molar-refractivity contribution in [3.05, 3.63) is 53.6 Å². The number of nitrogens with two attached hydrogens (primary N) is 1. The van der Waals surface area contributed by atoms with Crippen LogP contribution in [0.15, 0.2) is 42.5 Å². The Morgan fingerprint density at radius 2 is 1.14 bits per heavy atom. The average Bonchev–Trinajstić information content (AvgIpc) is 2.36. The molecule has 0 saturated heterocycles. The van der Waals surface area contributed by atoms with Crippen LogP contribution in [0.25, 0.3) is 11.1 Å². The van der Waals surface area contributed by atoms with Crippen molar-refractivity contribution in [1.29, 1.82) is 0 Å². The lowest BCUT2D eigenvalue weighted by Gasteiger charge is -2.21. The second-order valence-electron chi connectivity index (χ2n) is 7.92. The first-order valence-corrected chi connectivity index (χ1v) is 7.59. The molecule has 0 bridgehead atoms. The summed E-state index contributed by atoms with van der Waals surface area (Å²) in [5.41, 5.74) is 12.3. The van der Waals surface area contributed by atoms with Crippen LogP contribution in [0.4, 0.5) is 5.69 Å². The van der Waals surface area contributed by atoms with Crippen LogP contribution in [0.2, 0.25) is 0 Å². The van der Waals surface area contributed by atoms with E-state index in [9.17, 15) is 0 Å². The Morgan fingerprint density at radius 3 is 1.62 bits per heavy atom. The smallest absolute Gasteiger partial charge is 0.0323 e. The summed E-state index contributed by atoms with van der Waals surface area (Å²) >= 11 is 0. The van der Waals surface area contributed by atoms with Crippen LogP contribution in [0.1, 0.15) is 52.7 Å². The Bertz CT molecular complexity index is 622. The summed E-state index contributed by atoms with van der Waals surface area (Å²) in [6.45, 7) is 13.4. The maximum absolute atomic E-state index is 6.09. The van der Waals surface area contributed by atoms with Gasteiger partial charge in [-0.2, -0.15) is 0 Å². The minimum Gasteiger partial charge on any atom is -0.399 e. The SMILES string of the molecule is CC(C)(C)c1ccc(-c2cc(N)cc(C(C)(C)C)c2)cc1. The minimum absolute atomic E-state index is 0.107. The first kappa shape index (κ1) is 15.6. The van der Waals surface area contributed by atoms with E-state index in [1.807, 2.05) is 0 Å². The van der Waals surface area contributed by atoms with Gasteiger partial charge in [-0.1, -0.05) is 71.9 Å². The lowest BCUT2D eigenvalue weighted by atomic mass is 9.84. The molecule has 0 atom stereocenters. The summed E-state index contributed by atoms with van der Waals surface area (Å²) in [6, 6.07) is 15.2. The van der Waals surface area contributed by atoms with E-state index >= 15 is 0 Å². The number of hydrogen-bond acceptors (Lipinski definition) is 1. The van der Waals surface area contributed by atoms with Gasteiger partial charge in [0.05, 0.1) is 0 Å². The van der Waals surface area contributed by atoms with Gasteiger partial charge in [-0.3, -0.25) is 0 Å². The molecule has 1 heteroatoms. The zero-order chi connectivity index (χ0) is 15.8. The van der Waals surface area contributed by atoms with E-state index in [0.717, 1.165) is 5.69 Å². The normalized spacial score (nSPS) is 12.5. The van der Waals surface area contributed by atoms with Crippen molar-refractivity contribution in [2.24, 2.45) is 0 Å². The fraction of sp³-hybridized carbons (Fsp3) is 0.400. The van der Waals surface area contributed by atoms with Gasteiger partial charge in [0.25, 0.3) is 0 Å². The molecule has 21 heavy (non-hydrogen) atoms. The van der Waals surface area contributed by atoms with Crippen LogP contribution in [-0.2, 0) is 10.8 Å². The van der Waals surface area contributed by atoms with E-state index in [4.69, 9.17) is 5.73 Å². The fourth-order valence-electron chi connectivity index (χ4n) is 2.41. The Hall–Kier alpha value is -1.76. The van der Waals surface area contributed by atoms with Gasteiger partial charge in [0, 0.05) is 5.69 Å². The molecule has 1 nitrogen and oxygen atoms in total. The van der Waals surface area contributed by atoms with E-state index in [1.54, 1.807) is 0 Å². The van der Waals surface area contributed by atoms with Crippen molar-refractivity contribution in [1.82, 2.24) is 0 Å². The van der Waals surface area contributed by atoms with Gasteiger partial charge in [-0.15, -0.1) is 0 Å². The van der Waals surface area contributed by atoms with Gasteiger partial charge in [0.15, 0.2) is 0 Å². The Kier molecular flexibility index (Phi) is 3.88. The molecule has 0 aliphatic rings. The Morgan fingerprint density at radius 1 is 0.619 bits per heavy atom. The van der Waals surface area contributed by atoms with Crippen molar-refractivity contribution in [2.45, 2.75) is 52.4 Å². The third-order valence-electron chi connectivity index (χ3n) is 3.91. The Labute approximate surface area is 129 Å². The van der Waals surface area contributed by atoms with Crippen molar-refractivity contribution < 1.29 is 0 Å². The lowest BCUT2D eigenvalue weighted by molar-refractivity contribution is 0.590. The van der Waals surface area contributed by atoms with Gasteiger partial charge in [0.2, 0.25) is 0 Å². The predicted octanol–water partition coefficient (Wildman–Crippen LogP) is 5.53. The summed E-state index contributed by atoms with van der Waals surface area (Å²) in [4.78, 5) is 0. The maximum Gasteiger partial charge on any atom is 0.0323 e. The molecule has 2 aromatic carbocycles. The summed E-state index contributed by atoms with van der Waals surface area (Å²) in [6.07, 6.45) is 0. The van der Waals surface area contributed by atoms with Crippen molar-refractivity contribution >= 4 is 5.69 Å². The standard InChI is InChI=1S/C20H27N/c1-19(2,3)16-9-7-14(8-10-16)15-11-17(20(4,5)6)13-18(21)12-15/h7-13H,21H2,1-6H3. The molecule has 0 aromatic heterocycles. The summed E-state index contributed by atoms with van der Waals surface area (Å²) in [7, 11) is 0. The molecular formula is C20H27N. The quantitative estimate of drug-likeness (QED) is 0.683. The van der Waals surface area contributed by atoms with Gasteiger partial charge in [-0.25, -0.2) is 0 Å². The van der Waals surface area contributed by atoms with Crippen LogP contribution < -0.4 is 5.73 Å². The Balaban J connectivity index is 2.45. The van der Waals surface area contributed by atoms with E-state index in [0.29, 0.717) is 0 Å². The third kappa shape index (κ3) is 3.66. The van der Waals surface area contributed by atoms with Crippen LogP contribution in [0.3, 0.4) is 0 Å². The average molecular weight is 281 g/mol. The van der Waals surface area contributed by atoms with E-state index in [2.05, 4.69) is 84.0 Å². The number of anilines is 1. The molecule has 0 unspecified atom stereocenters. The molecule has 0 amide bonds. The first-order chi connectivity index (χ1) is 9.57. The highest BCUT2D eigenvalue weighted by Gasteiger charge is 2.16. The van der Waals surface area contributed by atoms with Crippen molar-refractivity contribution in [3.8, 4) is 11.1 Å². The fourth-order valence-corrected chi connectivity index (χ4v) is 2.41. The van der Waals surface area contributed by atoms with E-state index in [1.165, 1.54) is 22.3 Å². The molecule has 0 heterocycles. The molecule has 0 saturated carbocycles. The summed E-state index contributed by atoms with van der Waals surface area (Å²) in [5, 5.41) is 0. The molecule has 112 valence electrons. The molecule has 2 aromatic rings. The summed E-state index contributed by atoms with van der Waals surface area (Å²) < 4.78 is 0. The second kappa shape index (κ2) is 5.22. The van der Waals surface area contributed by atoms with Crippen molar-refractivity contribution in [2.75, 3.05) is 5.73 Å². The largest absolute Gasteiger partial charge is 0.399 e. The van der Waals surface area contributed by atoms with Crippen LogP contribution in [-0.4, -0.2) is 0 Å². The molecular weight excluding hydrogens is 254 g/mol. The predicted molar refractivity (Wildman–Crippen MR) is 93.7 cm³/mol. The molecule has 2 N–H and O–H groups in total. The summed E-state index contributed by atoms with van der Waals surface area (Å²) in [5.74, 6) is 0. The highest BCUT2D eigenvalue weighted by molar-refractivity contribution is 5.69. The molecule has 0 fully saturated rings. The van der Waals surface area contributed by atoms with Crippen LogP contribution in [0.5, 0.6) is 0 Å². The second-order valence-corrected chi connectivity index (χ2v) is 7.92. The zero-order valence-corrected chi connectivity index (χ0v) is 14.1. The molecule has 0 aliphatic carbocycles. The number of nitrogen functional groups attached to an aromatic ring is 1. The van der Waals surface area contributed by atoms with Crippen molar-refractivity contribution in [3.63, 3.8) is 0 Å². The van der Waals surface area contributed by atoms with E-state index < -0.39 is 0 Å². The van der Waals surface area contributed by atoms with E-state index in [-0.39, 0.29) is 10.8 Å². The topological polar surface area (TPSA) is 26.0 Å². The third-order valence-corrected chi connectivity index (χ3v) is 3.91. The van der Waals surface area contributed by atoms with Gasteiger partial charge in [-0.05, 0) is 45.2 Å². The van der Waals surface area contributed by atoms with Crippen LogP contribution >= 0.6 is 0 Å². The molecule has 0 radical (unpaired) electrons. The van der Waals surface area contributed by atoms with Crippen LogP contribution in [0, 0.1) is 0 Å². The highest BCUT2D eigenvalue weighted by Crippen LogP contribution is 2.31. The molecule has 2 rings (SSSR count). The highest BCUT2D eigenvalue weighted by atomic mass is 14.5. The van der Waals surface area contributed by atoms with Gasteiger partial charge in [0.1, 0.15) is 0 Å². The van der Waals surface area contributed by atoms with Gasteiger partial charge < -0.3 is 5.73 Å². The molecule has 0 aliphatic heterocycles. The monoisotopic (exact) mass is 281 g/mol. The minimum atomic E-state index is 0.107. The van der Waals surface area contributed by atoms with Gasteiger partial charge >= 0.3 is 0 Å². The number of rotatable bonds is 1. The number of benzene rings is 2.